The zero-order chi connectivity index (χ0) is 17.9. The van der Waals surface area contributed by atoms with E-state index >= 15 is 0 Å². The van der Waals surface area contributed by atoms with Crippen LogP contribution in [0, 0.1) is 6.92 Å². The summed E-state index contributed by atoms with van der Waals surface area (Å²) in [6.07, 6.45) is 3.29. The molecule has 0 bridgehead atoms. The van der Waals surface area contributed by atoms with E-state index in [9.17, 15) is 4.79 Å². The number of rotatable bonds is 5. The second kappa shape index (κ2) is 6.89. The molecule has 9 heteroatoms. The number of aromatic nitrogens is 5. The Bertz CT molecular complexity index is 1020. The van der Waals surface area contributed by atoms with Crippen LogP contribution in [0.4, 0.5) is 5.69 Å². The van der Waals surface area contributed by atoms with Crippen molar-refractivity contribution in [2.75, 3.05) is 5.32 Å². The van der Waals surface area contributed by atoms with Crippen LogP contribution < -0.4 is 5.32 Å². The van der Waals surface area contributed by atoms with Crippen LogP contribution in [0.15, 0.2) is 52.7 Å². The number of hydrogen-bond acceptors (Lipinski definition) is 7. The number of hydrogen-bond donors (Lipinski definition) is 1. The molecule has 0 aliphatic heterocycles. The Labute approximate surface area is 152 Å². The normalized spacial score (nSPS) is 10.8. The van der Waals surface area contributed by atoms with E-state index in [2.05, 4.69) is 25.8 Å². The monoisotopic (exact) mass is 366 g/mol. The Morgan fingerprint density at radius 1 is 1.35 bits per heavy atom. The van der Waals surface area contributed by atoms with Crippen LogP contribution in [0.5, 0.6) is 0 Å². The number of benzene rings is 1. The van der Waals surface area contributed by atoms with E-state index in [-0.39, 0.29) is 12.3 Å². The Balaban J connectivity index is 1.47. The maximum Gasteiger partial charge on any atom is 0.230 e. The summed E-state index contributed by atoms with van der Waals surface area (Å²) >= 11 is 1.45. The van der Waals surface area contributed by atoms with Crippen molar-refractivity contribution in [3.8, 4) is 16.5 Å². The molecule has 4 aromatic rings. The molecule has 0 atom stereocenters. The van der Waals surface area contributed by atoms with Crippen LogP contribution in [-0.4, -0.2) is 31.1 Å². The summed E-state index contributed by atoms with van der Waals surface area (Å²) in [6.45, 7) is 1.93. The SMILES string of the molecule is Cc1ccc(-n2cnnn2)cc1NC(=O)Cc1csc(-c2ccco2)n1. The highest BCUT2D eigenvalue weighted by molar-refractivity contribution is 7.13. The molecule has 4 rings (SSSR count). The molecular formula is C17H14N6O2S. The van der Waals surface area contributed by atoms with Gasteiger partial charge in [0.15, 0.2) is 10.8 Å². The van der Waals surface area contributed by atoms with Gasteiger partial charge in [0.05, 0.1) is 24.1 Å². The molecule has 8 nitrogen and oxygen atoms in total. The second-order valence-electron chi connectivity index (χ2n) is 5.60. The van der Waals surface area contributed by atoms with Crippen LogP contribution >= 0.6 is 11.3 Å². The smallest absolute Gasteiger partial charge is 0.230 e. The first-order chi connectivity index (χ1) is 12.7. The molecular weight excluding hydrogens is 352 g/mol. The van der Waals surface area contributed by atoms with Gasteiger partial charge in [0, 0.05) is 11.1 Å². The van der Waals surface area contributed by atoms with Gasteiger partial charge < -0.3 is 9.73 Å². The fourth-order valence-electron chi connectivity index (χ4n) is 2.43. The van der Waals surface area contributed by atoms with Crippen LogP contribution in [0.3, 0.4) is 0 Å². The number of nitrogens with zero attached hydrogens (tertiary/aromatic N) is 5. The Hall–Kier alpha value is -3.33. The van der Waals surface area contributed by atoms with Gasteiger partial charge in [-0.2, -0.15) is 0 Å². The summed E-state index contributed by atoms with van der Waals surface area (Å²) in [6, 6.07) is 9.28. The van der Waals surface area contributed by atoms with Crippen molar-refractivity contribution in [3.63, 3.8) is 0 Å². The van der Waals surface area contributed by atoms with E-state index in [1.54, 1.807) is 6.26 Å². The number of tetrazole rings is 1. The second-order valence-corrected chi connectivity index (χ2v) is 6.46. The molecule has 0 fully saturated rings. The standard InChI is InChI=1S/C17H14N6O2S/c1-11-4-5-13(23-10-18-21-22-23)8-14(11)20-16(24)7-12-9-26-17(19-12)15-3-2-6-25-15/h2-6,8-10H,7H2,1H3,(H,20,24). The van der Waals surface area contributed by atoms with Gasteiger partial charge in [0.1, 0.15) is 6.33 Å². The summed E-state index contributed by atoms with van der Waals surface area (Å²) in [5, 5.41) is 16.6. The zero-order valence-electron chi connectivity index (χ0n) is 13.8. The minimum absolute atomic E-state index is 0.140. The van der Waals surface area contributed by atoms with Crippen molar-refractivity contribution in [1.82, 2.24) is 25.2 Å². The molecule has 0 unspecified atom stereocenters. The third kappa shape index (κ3) is 3.38. The predicted molar refractivity (Wildman–Crippen MR) is 96.0 cm³/mol. The Kier molecular flexibility index (Phi) is 4.28. The number of aryl methyl sites for hydroxylation is 1. The highest BCUT2D eigenvalue weighted by Gasteiger charge is 2.12. The molecule has 3 aromatic heterocycles. The van der Waals surface area contributed by atoms with Gasteiger partial charge in [-0.05, 0) is 47.2 Å². The summed E-state index contributed by atoms with van der Waals surface area (Å²) in [5.41, 5.74) is 3.13. The van der Waals surface area contributed by atoms with Crippen molar-refractivity contribution < 1.29 is 9.21 Å². The van der Waals surface area contributed by atoms with Gasteiger partial charge in [0.25, 0.3) is 0 Å². The number of furan rings is 1. The number of anilines is 1. The van der Waals surface area contributed by atoms with E-state index < -0.39 is 0 Å². The highest BCUT2D eigenvalue weighted by atomic mass is 32.1. The Morgan fingerprint density at radius 3 is 3.04 bits per heavy atom. The molecule has 1 N–H and O–H groups in total. The fourth-order valence-corrected chi connectivity index (χ4v) is 3.21. The lowest BCUT2D eigenvalue weighted by atomic mass is 10.1. The van der Waals surface area contributed by atoms with Gasteiger partial charge in [-0.15, -0.1) is 16.4 Å². The molecule has 0 radical (unpaired) electrons. The van der Waals surface area contributed by atoms with Crippen LogP contribution in [0.1, 0.15) is 11.3 Å². The first-order valence-electron chi connectivity index (χ1n) is 7.81. The molecule has 0 aliphatic carbocycles. The molecule has 130 valence electrons. The van der Waals surface area contributed by atoms with Crippen molar-refractivity contribution in [2.45, 2.75) is 13.3 Å². The molecule has 0 aliphatic rings. The molecule has 0 spiro atoms. The summed E-state index contributed by atoms with van der Waals surface area (Å²) in [5.74, 6) is 0.560. The lowest BCUT2D eigenvalue weighted by molar-refractivity contribution is -0.115. The van der Waals surface area contributed by atoms with E-state index in [0.717, 1.165) is 16.3 Å². The average molecular weight is 366 g/mol. The van der Waals surface area contributed by atoms with Gasteiger partial charge >= 0.3 is 0 Å². The van der Waals surface area contributed by atoms with E-state index in [0.29, 0.717) is 17.1 Å². The number of carbonyl (C=O) groups is 1. The molecule has 1 aromatic carbocycles. The van der Waals surface area contributed by atoms with Crippen LogP contribution in [0.25, 0.3) is 16.5 Å². The largest absolute Gasteiger partial charge is 0.462 e. The van der Waals surface area contributed by atoms with Crippen molar-refractivity contribution in [1.29, 1.82) is 0 Å². The number of thiazole rings is 1. The summed E-state index contributed by atoms with van der Waals surface area (Å²) in [7, 11) is 0. The van der Waals surface area contributed by atoms with Gasteiger partial charge in [-0.3, -0.25) is 4.79 Å². The maximum atomic E-state index is 12.4. The molecule has 1 amide bonds. The van der Waals surface area contributed by atoms with Crippen LogP contribution in [0.2, 0.25) is 0 Å². The minimum atomic E-state index is -0.140. The maximum absolute atomic E-state index is 12.4. The minimum Gasteiger partial charge on any atom is -0.462 e. The molecule has 3 heterocycles. The quantitative estimate of drug-likeness (QED) is 0.583. The zero-order valence-corrected chi connectivity index (χ0v) is 14.6. The number of carbonyl (C=O) groups excluding carboxylic acids is 1. The van der Waals surface area contributed by atoms with E-state index in [1.807, 2.05) is 42.6 Å². The third-order valence-electron chi connectivity index (χ3n) is 3.73. The van der Waals surface area contributed by atoms with Gasteiger partial charge in [-0.1, -0.05) is 6.07 Å². The lowest BCUT2D eigenvalue weighted by Crippen LogP contribution is -2.15. The van der Waals surface area contributed by atoms with Crippen molar-refractivity contribution in [2.24, 2.45) is 0 Å². The highest BCUT2D eigenvalue weighted by Crippen LogP contribution is 2.24. The number of nitrogens with one attached hydrogen (secondary N) is 1. The number of amides is 1. The van der Waals surface area contributed by atoms with Crippen molar-refractivity contribution >= 4 is 22.9 Å². The van der Waals surface area contributed by atoms with Crippen LogP contribution in [-0.2, 0) is 11.2 Å². The van der Waals surface area contributed by atoms with Crippen molar-refractivity contribution in [3.05, 3.63) is 59.6 Å². The van der Waals surface area contributed by atoms with Gasteiger partial charge in [-0.25, -0.2) is 9.67 Å². The molecule has 0 saturated carbocycles. The topological polar surface area (TPSA) is 98.7 Å². The molecule has 26 heavy (non-hydrogen) atoms. The fraction of sp³-hybridized carbons (Fsp3) is 0.118. The average Bonchev–Trinajstić information content (AvgIpc) is 3.39. The summed E-state index contributed by atoms with van der Waals surface area (Å²) < 4.78 is 6.86. The first-order valence-corrected chi connectivity index (χ1v) is 8.69. The third-order valence-corrected chi connectivity index (χ3v) is 4.64. The predicted octanol–water partition coefficient (Wildman–Crippen LogP) is 2.87. The summed E-state index contributed by atoms with van der Waals surface area (Å²) in [4.78, 5) is 16.9. The lowest BCUT2D eigenvalue weighted by Gasteiger charge is -2.10. The van der Waals surface area contributed by atoms with E-state index in [4.69, 9.17) is 4.42 Å². The first kappa shape index (κ1) is 16.2. The molecule has 0 saturated heterocycles. The van der Waals surface area contributed by atoms with Gasteiger partial charge in [0.2, 0.25) is 5.91 Å². The van der Waals surface area contributed by atoms with E-state index in [1.165, 1.54) is 22.3 Å². The Morgan fingerprint density at radius 2 is 2.27 bits per heavy atom.